The van der Waals surface area contributed by atoms with Gasteiger partial charge in [-0.2, -0.15) is 0 Å². The molecule has 9 nitrogen and oxygen atoms in total. The molecule has 0 bridgehead atoms. The maximum atomic E-state index is 14.7. The Morgan fingerprint density at radius 3 is 1.70 bits per heavy atom. The number of alkyl carbamates (subject to hydrolysis) is 1. The van der Waals surface area contributed by atoms with Crippen LogP contribution in [0.15, 0.2) is 109 Å². The van der Waals surface area contributed by atoms with Crippen LogP contribution in [0.1, 0.15) is 52.8 Å². The summed E-state index contributed by atoms with van der Waals surface area (Å²) in [6.45, 7) is 0.584. The summed E-state index contributed by atoms with van der Waals surface area (Å²) < 4.78 is 5.89. The summed E-state index contributed by atoms with van der Waals surface area (Å²) in [4.78, 5) is 45.8. The van der Waals surface area contributed by atoms with Gasteiger partial charge in [-0.15, -0.1) is 23.2 Å². The lowest BCUT2D eigenvalue weighted by atomic mass is 9.95. The van der Waals surface area contributed by atoms with Crippen molar-refractivity contribution in [3.05, 3.63) is 131 Å². The van der Waals surface area contributed by atoms with E-state index in [0.29, 0.717) is 28.7 Å². The van der Waals surface area contributed by atoms with E-state index in [-0.39, 0.29) is 72.9 Å². The lowest BCUT2D eigenvalue weighted by Crippen LogP contribution is -2.49. The Bertz CT molecular complexity index is 2550. The summed E-state index contributed by atoms with van der Waals surface area (Å²) in [6.07, 6.45) is -0.942. The predicted octanol–water partition coefficient (Wildman–Crippen LogP) is 9.13. The molecule has 2 heterocycles. The lowest BCUT2D eigenvalue weighted by molar-refractivity contribution is -0.121. The van der Waals surface area contributed by atoms with Crippen molar-refractivity contribution >= 4 is 74.0 Å². The van der Waals surface area contributed by atoms with Gasteiger partial charge in [0.1, 0.15) is 24.1 Å². The second-order valence-corrected chi connectivity index (χ2v) is 15.6. The van der Waals surface area contributed by atoms with Crippen LogP contribution >= 0.6 is 23.2 Å². The fraction of sp³-hybridized carbons (Fsp3) is 0.239. The smallest absolute Gasteiger partial charge is 0.407 e. The van der Waals surface area contributed by atoms with E-state index in [0.717, 1.165) is 44.2 Å². The molecule has 0 saturated carbocycles. The fourth-order valence-electron chi connectivity index (χ4n) is 9.18. The van der Waals surface area contributed by atoms with Crippen LogP contribution < -0.4 is 15.1 Å². The highest BCUT2D eigenvalue weighted by atomic mass is 35.5. The number of phenols is 2. The number of nitrogens with zero attached hydrogens (tertiary/aromatic N) is 2. The first kappa shape index (κ1) is 36.8. The minimum atomic E-state index is -1.17. The standard InChI is InChI=1S/C46H39Cl2N3O6/c47-21-26-23-50(38-19-40(52)32-13-5-7-15-34(32)43(26)38)42(54)18-17-37(45(55)51-24-27(22-48)44-35-16-8-6-14-33(35)41(53)20-39(44)51)49-46(56)57-25-36-30-11-3-1-9-28(30)29-10-2-4-12-31(29)36/h1-16,19-20,26-27,36-37,52-53H,17-18,21-25H2,(H,49,56)/t26?,27?,37-/m0/s1. The van der Waals surface area contributed by atoms with Crippen LogP contribution in [0, 0.1) is 0 Å². The number of hydrogen-bond acceptors (Lipinski definition) is 6. The van der Waals surface area contributed by atoms with Gasteiger partial charge in [0.2, 0.25) is 11.8 Å². The highest BCUT2D eigenvalue weighted by Gasteiger charge is 2.40. The summed E-state index contributed by atoms with van der Waals surface area (Å²) in [7, 11) is 0. The Kier molecular flexibility index (Phi) is 9.67. The minimum Gasteiger partial charge on any atom is -0.507 e. The van der Waals surface area contributed by atoms with Gasteiger partial charge in [0.25, 0.3) is 0 Å². The molecule has 0 radical (unpaired) electrons. The van der Waals surface area contributed by atoms with Crippen LogP contribution in [-0.2, 0) is 14.3 Å². The summed E-state index contributed by atoms with van der Waals surface area (Å²) in [5.74, 6) is -0.751. The van der Waals surface area contributed by atoms with Gasteiger partial charge < -0.3 is 30.1 Å². The molecule has 1 aliphatic carbocycles. The number of fused-ring (bicyclic) bond motifs is 9. The van der Waals surface area contributed by atoms with Crippen LogP contribution in [0.2, 0.25) is 0 Å². The third-order valence-corrected chi connectivity index (χ3v) is 12.6. The van der Waals surface area contributed by atoms with Crippen molar-refractivity contribution in [2.24, 2.45) is 0 Å². The molecule has 3 atom stereocenters. The third-order valence-electron chi connectivity index (χ3n) is 11.8. The molecule has 2 unspecified atom stereocenters. The molecule has 57 heavy (non-hydrogen) atoms. The Balaban J connectivity index is 1.00. The van der Waals surface area contributed by atoms with Crippen LogP contribution in [0.5, 0.6) is 11.5 Å². The molecule has 288 valence electrons. The van der Waals surface area contributed by atoms with Crippen LogP contribution in [0.3, 0.4) is 0 Å². The van der Waals surface area contributed by atoms with E-state index in [1.54, 1.807) is 21.9 Å². The molecule has 0 fully saturated rings. The molecule has 2 aliphatic heterocycles. The van der Waals surface area contributed by atoms with Crippen molar-refractivity contribution in [1.82, 2.24) is 5.32 Å². The van der Waals surface area contributed by atoms with E-state index in [4.69, 9.17) is 27.9 Å². The van der Waals surface area contributed by atoms with Gasteiger partial charge in [0.05, 0.1) is 11.4 Å². The zero-order chi connectivity index (χ0) is 39.4. The first-order valence-corrected chi connectivity index (χ1v) is 20.2. The number of ether oxygens (including phenoxy) is 1. The molecular weight excluding hydrogens is 761 g/mol. The SMILES string of the molecule is O=C(N[C@@H](CCC(=O)N1CC(CCl)c2c1cc(O)c1ccccc21)C(=O)N1CC(CCl)c2c1cc(O)c1ccccc21)OCC1c2ccccc2-c2ccccc21. The molecule has 3 aliphatic rings. The molecule has 0 spiro atoms. The van der Waals surface area contributed by atoms with Gasteiger partial charge in [-0.25, -0.2) is 4.79 Å². The molecule has 6 aromatic rings. The number of anilines is 2. The molecule has 0 saturated heterocycles. The van der Waals surface area contributed by atoms with Crippen molar-refractivity contribution in [3.63, 3.8) is 0 Å². The topological polar surface area (TPSA) is 119 Å². The summed E-state index contributed by atoms with van der Waals surface area (Å²) in [5, 5.41) is 27.8. The largest absolute Gasteiger partial charge is 0.507 e. The van der Waals surface area contributed by atoms with E-state index >= 15 is 0 Å². The molecular formula is C46H39Cl2N3O6. The number of aromatic hydroxyl groups is 2. The van der Waals surface area contributed by atoms with E-state index in [2.05, 4.69) is 17.4 Å². The second kappa shape index (κ2) is 15.0. The molecule has 3 amide bonds. The van der Waals surface area contributed by atoms with Crippen molar-refractivity contribution in [2.45, 2.75) is 36.6 Å². The van der Waals surface area contributed by atoms with E-state index in [1.165, 1.54) is 0 Å². The van der Waals surface area contributed by atoms with Crippen LogP contribution in [0.4, 0.5) is 16.2 Å². The van der Waals surface area contributed by atoms with Crippen LogP contribution in [-0.4, -0.2) is 65.6 Å². The second-order valence-electron chi connectivity index (χ2n) is 15.0. The van der Waals surface area contributed by atoms with Gasteiger partial charge in [0.15, 0.2) is 0 Å². The molecule has 11 heteroatoms. The molecule has 9 rings (SSSR count). The van der Waals surface area contributed by atoms with Gasteiger partial charge in [0, 0.05) is 71.9 Å². The number of halogens is 2. The number of benzene rings is 6. The Morgan fingerprint density at radius 2 is 1.16 bits per heavy atom. The van der Waals surface area contributed by atoms with E-state index < -0.39 is 18.0 Å². The zero-order valence-electron chi connectivity index (χ0n) is 30.8. The van der Waals surface area contributed by atoms with Crippen LogP contribution in [0.25, 0.3) is 32.7 Å². The number of amides is 3. The summed E-state index contributed by atoms with van der Waals surface area (Å²) in [5.41, 5.74) is 7.11. The van der Waals surface area contributed by atoms with Crippen molar-refractivity contribution in [2.75, 3.05) is 41.3 Å². The number of carbonyl (C=O) groups is 3. The number of rotatable bonds is 9. The molecule has 3 N–H and O–H groups in total. The Morgan fingerprint density at radius 1 is 0.684 bits per heavy atom. The maximum absolute atomic E-state index is 14.7. The fourth-order valence-corrected chi connectivity index (χ4v) is 9.68. The monoisotopic (exact) mass is 799 g/mol. The lowest BCUT2D eigenvalue weighted by Gasteiger charge is -2.26. The average molecular weight is 801 g/mol. The maximum Gasteiger partial charge on any atom is 0.407 e. The van der Waals surface area contributed by atoms with Crippen molar-refractivity contribution in [3.8, 4) is 22.6 Å². The average Bonchev–Trinajstić information content (AvgIpc) is 3.91. The normalized spacial score (nSPS) is 17.3. The summed E-state index contributed by atoms with van der Waals surface area (Å²) >= 11 is 13.0. The number of nitrogens with one attached hydrogen (secondary N) is 1. The number of hydrogen-bond donors (Lipinski definition) is 3. The van der Waals surface area contributed by atoms with Gasteiger partial charge in [-0.1, -0.05) is 97.1 Å². The highest BCUT2D eigenvalue weighted by molar-refractivity contribution is 6.19. The number of carbonyl (C=O) groups excluding carboxylic acids is 3. The minimum absolute atomic E-state index is 0.0194. The number of phenolic OH excluding ortho intramolecular Hbond substituents is 2. The van der Waals surface area contributed by atoms with E-state index in [9.17, 15) is 24.6 Å². The van der Waals surface area contributed by atoms with Gasteiger partial charge in [-0.3, -0.25) is 9.59 Å². The Hall–Kier alpha value is -5.77. The van der Waals surface area contributed by atoms with E-state index in [1.807, 2.05) is 84.9 Å². The van der Waals surface area contributed by atoms with Gasteiger partial charge in [-0.05, 0) is 50.6 Å². The first-order valence-electron chi connectivity index (χ1n) is 19.1. The molecule has 6 aromatic carbocycles. The Labute approximate surface area is 339 Å². The first-order chi connectivity index (χ1) is 27.8. The summed E-state index contributed by atoms with van der Waals surface area (Å²) in [6, 6.07) is 33.0. The predicted molar refractivity (Wildman–Crippen MR) is 224 cm³/mol. The third kappa shape index (κ3) is 6.30. The van der Waals surface area contributed by atoms with Gasteiger partial charge >= 0.3 is 6.09 Å². The zero-order valence-corrected chi connectivity index (χ0v) is 32.3. The van der Waals surface area contributed by atoms with Crippen molar-refractivity contribution in [1.29, 1.82) is 0 Å². The quantitative estimate of drug-likeness (QED) is 0.126. The number of alkyl halides is 2. The van der Waals surface area contributed by atoms with Crippen molar-refractivity contribution < 1.29 is 29.3 Å². The molecule has 0 aromatic heterocycles. The highest BCUT2D eigenvalue weighted by Crippen LogP contribution is 2.48.